The van der Waals surface area contributed by atoms with Crippen molar-refractivity contribution in [3.63, 3.8) is 0 Å². The molecule has 0 saturated heterocycles. The van der Waals surface area contributed by atoms with Crippen molar-refractivity contribution in [2.24, 2.45) is 0 Å². The lowest BCUT2D eigenvalue weighted by Crippen LogP contribution is -2.29. The van der Waals surface area contributed by atoms with Gasteiger partial charge in [0, 0.05) is 11.4 Å². The maximum absolute atomic E-state index is 12.9. The minimum atomic E-state index is -0.465. The third-order valence-corrected chi connectivity index (χ3v) is 4.64. The Morgan fingerprint density at radius 1 is 0.885 bits per heavy atom. The molecule has 0 atom stereocenters. The summed E-state index contributed by atoms with van der Waals surface area (Å²) in [6.45, 7) is 12.4. The summed E-state index contributed by atoms with van der Waals surface area (Å²) in [7, 11) is 0. The average Bonchev–Trinajstić information content (AvgIpc) is 2.88. The van der Waals surface area contributed by atoms with Gasteiger partial charge in [0.2, 0.25) is 0 Å². The molecule has 1 heterocycles. The molecular weight excluding hydrogens is 322 g/mol. The second-order valence-corrected chi connectivity index (χ2v) is 8.44. The van der Waals surface area contributed by atoms with Crippen LogP contribution >= 0.6 is 0 Å². The van der Waals surface area contributed by atoms with Crippen LogP contribution in [-0.4, -0.2) is 16.3 Å². The van der Waals surface area contributed by atoms with E-state index in [1.165, 1.54) is 43.4 Å². The van der Waals surface area contributed by atoms with Crippen molar-refractivity contribution in [3.8, 4) is 0 Å². The molecule has 0 aliphatic carbocycles. The number of aryl methyl sites for hydroxylation is 2. The summed E-state index contributed by atoms with van der Waals surface area (Å²) in [6.07, 6.45) is 12.5. The summed E-state index contributed by atoms with van der Waals surface area (Å²) in [5, 5.41) is 0. The quantitative estimate of drug-likeness (QED) is 0.393. The fraction of sp³-hybridized carbons (Fsp3) is 0.783. The number of hydrogen-bond donors (Lipinski definition) is 0. The summed E-state index contributed by atoms with van der Waals surface area (Å²) < 4.78 is 7.62. The molecule has 3 nitrogen and oxygen atoms in total. The van der Waals surface area contributed by atoms with E-state index in [0.29, 0.717) is 0 Å². The van der Waals surface area contributed by atoms with Gasteiger partial charge < -0.3 is 4.74 Å². The molecule has 0 aliphatic heterocycles. The molecule has 0 unspecified atom stereocenters. The van der Waals surface area contributed by atoms with Gasteiger partial charge >= 0.3 is 6.09 Å². The molecule has 1 aromatic heterocycles. The Labute approximate surface area is 161 Å². The molecule has 150 valence electrons. The third kappa shape index (κ3) is 7.55. The normalized spacial score (nSPS) is 11.8. The lowest BCUT2D eigenvalue weighted by atomic mass is 10.1. The van der Waals surface area contributed by atoms with Gasteiger partial charge in [0.25, 0.3) is 0 Å². The molecule has 1 rings (SSSR count). The molecule has 0 amide bonds. The lowest BCUT2D eigenvalue weighted by molar-refractivity contribution is 0.0528. The van der Waals surface area contributed by atoms with E-state index >= 15 is 0 Å². The number of ether oxygens (including phenoxy) is 1. The van der Waals surface area contributed by atoms with Crippen LogP contribution in [0.4, 0.5) is 4.79 Å². The Morgan fingerprint density at radius 2 is 1.50 bits per heavy atom. The number of carbonyl (C=O) groups excluding carboxylic acids is 1. The van der Waals surface area contributed by atoms with E-state index in [0.717, 1.165) is 44.2 Å². The molecule has 0 N–H and O–H groups in total. The first-order chi connectivity index (χ1) is 12.3. The number of carbonyl (C=O) groups is 1. The van der Waals surface area contributed by atoms with E-state index in [2.05, 4.69) is 26.8 Å². The standard InChI is InChI=1S/C23H41NO2/c1-7-10-11-12-13-14-17-20-18-19(15-8-2)21(16-9-3)24(20)22(25)26-23(4,5)6/h18H,7-17H2,1-6H3. The smallest absolute Gasteiger partial charge is 0.418 e. The zero-order valence-corrected chi connectivity index (χ0v) is 18.1. The predicted octanol–water partition coefficient (Wildman–Crippen LogP) is 7.08. The van der Waals surface area contributed by atoms with Crippen LogP contribution < -0.4 is 0 Å². The Bertz CT molecular complexity index is 537. The van der Waals surface area contributed by atoms with Crippen molar-refractivity contribution >= 4 is 6.09 Å². The maximum Gasteiger partial charge on any atom is 0.418 e. The topological polar surface area (TPSA) is 31.2 Å². The van der Waals surface area contributed by atoms with Crippen LogP contribution in [0.2, 0.25) is 0 Å². The summed E-state index contributed by atoms with van der Waals surface area (Å²) >= 11 is 0. The molecule has 0 radical (unpaired) electrons. The summed E-state index contributed by atoms with van der Waals surface area (Å²) in [4.78, 5) is 12.9. The van der Waals surface area contributed by atoms with Gasteiger partial charge in [0.05, 0.1) is 0 Å². The summed E-state index contributed by atoms with van der Waals surface area (Å²) in [5.74, 6) is 0. The molecule has 26 heavy (non-hydrogen) atoms. The monoisotopic (exact) mass is 363 g/mol. The Balaban J connectivity index is 2.97. The predicted molar refractivity (Wildman–Crippen MR) is 111 cm³/mol. The highest BCUT2D eigenvalue weighted by Crippen LogP contribution is 2.24. The second-order valence-electron chi connectivity index (χ2n) is 8.44. The lowest BCUT2D eigenvalue weighted by Gasteiger charge is -2.22. The molecule has 0 spiro atoms. The van der Waals surface area contributed by atoms with Crippen LogP contribution in [0.3, 0.4) is 0 Å². The average molecular weight is 364 g/mol. The van der Waals surface area contributed by atoms with Gasteiger partial charge in [-0.05, 0) is 58.1 Å². The zero-order valence-electron chi connectivity index (χ0n) is 18.1. The first-order valence-electron chi connectivity index (χ1n) is 10.8. The fourth-order valence-electron chi connectivity index (χ4n) is 3.47. The number of rotatable bonds is 11. The van der Waals surface area contributed by atoms with Crippen LogP contribution in [0.15, 0.2) is 6.07 Å². The van der Waals surface area contributed by atoms with E-state index in [1.54, 1.807) is 0 Å². The maximum atomic E-state index is 12.9. The van der Waals surface area contributed by atoms with Crippen molar-refractivity contribution in [1.82, 2.24) is 4.57 Å². The van der Waals surface area contributed by atoms with Crippen LogP contribution in [-0.2, 0) is 24.0 Å². The number of aromatic nitrogens is 1. The van der Waals surface area contributed by atoms with Crippen molar-refractivity contribution < 1.29 is 9.53 Å². The highest BCUT2D eigenvalue weighted by atomic mass is 16.6. The summed E-state index contributed by atoms with van der Waals surface area (Å²) in [5.41, 5.74) is 3.18. The molecule has 1 aromatic rings. The van der Waals surface area contributed by atoms with Crippen LogP contribution in [0, 0.1) is 0 Å². The van der Waals surface area contributed by atoms with Crippen molar-refractivity contribution in [2.45, 2.75) is 118 Å². The first kappa shape index (κ1) is 22.8. The van der Waals surface area contributed by atoms with Crippen LogP contribution in [0.5, 0.6) is 0 Å². The highest BCUT2D eigenvalue weighted by Gasteiger charge is 2.24. The van der Waals surface area contributed by atoms with Gasteiger partial charge in [-0.15, -0.1) is 0 Å². The van der Waals surface area contributed by atoms with Crippen molar-refractivity contribution in [1.29, 1.82) is 0 Å². The minimum absolute atomic E-state index is 0.204. The van der Waals surface area contributed by atoms with Crippen LogP contribution in [0.1, 0.15) is 110 Å². The minimum Gasteiger partial charge on any atom is -0.443 e. The Hall–Kier alpha value is -1.25. The molecule has 0 saturated carbocycles. The van der Waals surface area contributed by atoms with E-state index in [-0.39, 0.29) is 6.09 Å². The SMILES string of the molecule is CCCCCCCCc1cc(CCC)c(CCC)n1C(=O)OC(C)(C)C. The van der Waals surface area contributed by atoms with Gasteiger partial charge in [-0.1, -0.05) is 65.7 Å². The van der Waals surface area contributed by atoms with E-state index in [4.69, 9.17) is 4.74 Å². The van der Waals surface area contributed by atoms with Gasteiger partial charge in [-0.3, -0.25) is 4.57 Å². The largest absolute Gasteiger partial charge is 0.443 e. The second kappa shape index (κ2) is 11.5. The fourth-order valence-corrected chi connectivity index (χ4v) is 3.47. The molecule has 0 bridgehead atoms. The first-order valence-corrected chi connectivity index (χ1v) is 10.8. The van der Waals surface area contributed by atoms with Crippen LogP contribution in [0.25, 0.3) is 0 Å². The molecule has 3 heteroatoms. The Morgan fingerprint density at radius 3 is 2.08 bits per heavy atom. The van der Waals surface area contributed by atoms with Gasteiger partial charge in [-0.25, -0.2) is 4.79 Å². The van der Waals surface area contributed by atoms with E-state index in [9.17, 15) is 4.79 Å². The van der Waals surface area contributed by atoms with Gasteiger partial charge in [0.15, 0.2) is 0 Å². The highest BCUT2D eigenvalue weighted by molar-refractivity contribution is 5.74. The summed E-state index contributed by atoms with van der Waals surface area (Å²) in [6, 6.07) is 2.27. The molecule has 0 fully saturated rings. The molecule has 0 aromatic carbocycles. The van der Waals surface area contributed by atoms with E-state index in [1.807, 2.05) is 25.3 Å². The Kier molecular flexibility index (Phi) is 10.0. The third-order valence-electron chi connectivity index (χ3n) is 4.64. The zero-order chi connectivity index (χ0) is 19.6. The number of nitrogens with zero attached hydrogens (tertiary/aromatic N) is 1. The number of unbranched alkanes of at least 4 members (excludes halogenated alkanes) is 5. The van der Waals surface area contributed by atoms with E-state index < -0.39 is 5.60 Å². The number of hydrogen-bond acceptors (Lipinski definition) is 2. The van der Waals surface area contributed by atoms with Gasteiger partial charge in [-0.2, -0.15) is 0 Å². The van der Waals surface area contributed by atoms with Crippen molar-refractivity contribution in [3.05, 3.63) is 23.0 Å². The van der Waals surface area contributed by atoms with Gasteiger partial charge in [0.1, 0.15) is 5.60 Å². The molecular formula is C23H41NO2. The molecule has 0 aliphatic rings. The van der Waals surface area contributed by atoms with Crippen molar-refractivity contribution in [2.75, 3.05) is 0 Å².